The van der Waals surface area contributed by atoms with Gasteiger partial charge in [-0.15, -0.1) is 0 Å². The zero-order valence-corrected chi connectivity index (χ0v) is 16.1. The lowest BCUT2D eigenvalue weighted by Crippen LogP contribution is -2.20. The molecule has 0 saturated carbocycles. The maximum Gasteiger partial charge on any atom is 0.296 e. The Morgan fingerprint density at radius 1 is 0.704 bits per heavy atom. The maximum absolute atomic E-state index is 11.8. The van der Waals surface area contributed by atoms with Crippen molar-refractivity contribution in [2.24, 2.45) is 0 Å². The zero-order chi connectivity index (χ0) is 20.2. The molecular weight excluding hydrogens is 422 g/mol. The molecule has 13 heteroatoms. The Hall–Kier alpha value is -1.77. The van der Waals surface area contributed by atoms with Gasteiger partial charge in [0.05, 0.1) is 10.6 Å². The van der Waals surface area contributed by atoms with E-state index in [1.807, 2.05) is 0 Å². The highest BCUT2D eigenvalue weighted by atomic mass is 32.2. The van der Waals surface area contributed by atoms with Crippen LogP contribution < -0.4 is 4.90 Å². The zero-order valence-electron chi connectivity index (χ0n) is 13.6. The van der Waals surface area contributed by atoms with Crippen molar-refractivity contribution >= 4 is 46.8 Å². The average molecular weight is 437 g/mol. The van der Waals surface area contributed by atoms with Crippen LogP contribution in [-0.2, 0) is 30.4 Å². The number of hydrogen-bond donors (Lipinski definition) is 3. The van der Waals surface area contributed by atoms with E-state index in [2.05, 4.69) is 0 Å². The largest absolute Gasteiger partial charge is 0.370 e. The van der Waals surface area contributed by atoms with E-state index in [4.69, 9.17) is 0 Å². The first-order chi connectivity index (χ1) is 12.3. The first-order valence-electron chi connectivity index (χ1n) is 7.58. The molecule has 1 saturated heterocycles. The Bertz CT molecular complexity index is 1240. The topological polar surface area (TPSA) is 166 Å². The van der Waals surface area contributed by atoms with Crippen LogP contribution >= 0.6 is 0 Å². The third-order valence-electron chi connectivity index (χ3n) is 4.27. The summed E-state index contributed by atoms with van der Waals surface area (Å²) < 4.78 is 98.2. The van der Waals surface area contributed by atoms with Crippen LogP contribution in [0.3, 0.4) is 0 Å². The predicted molar refractivity (Wildman–Crippen MR) is 94.8 cm³/mol. The van der Waals surface area contributed by atoms with Gasteiger partial charge in [-0.1, -0.05) is 0 Å². The van der Waals surface area contributed by atoms with Gasteiger partial charge in [0, 0.05) is 18.5 Å². The van der Waals surface area contributed by atoms with Crippen molar-refractivity contribution < 1.29 is 38.9 Å². The summed E-state index contributed by atoms with van der Waals surface area (Å²) in [6, 6.07) is 3.48. The van der Waals surface area contributed by atoms with Gasteiger partial charge in [-0.05, 0) is 42.5 Å². The summed E-state index contributed by atoms with van der Waals surface area (Å²) >= 11 is 0. The number of benzene rings is 2. The van der Waals surface area contributed by atoms with E-state index in [-0.39, 0.29) is 16.5 Å². The molecule has 3 rings (SSSR count). The van der Waals surface area contributed by atoms with E-state index in [0.29, 0.717) is 19.2 Å². The molecule has 27 heavy (non-hydrogen) atoms. The van der Waals surface area contributed by atoms with E-state index >= 15 is 0 Å². The molecule has 0 radical (unpaired) electrons. The molecule has 148 valence electrons. The Kier molecular flexibility index (Phi) is 4.73. The SMILES string of the molecule is O=S(=O)(O)c1cc(S(=O)(=O)O)c2cc(N3CCCC3)c(S(=O)(=O)O)cc2c1. The van der Waals surface area contributed by atoms with Crippen molar-refractivity contribution in [3.05, 3.63) is 24.3 Å². The van der Waals surface area contributed by atoms with Gasteiger partial charge < -0.3 is 4.90 Å². The molecule has 1 aliphatic heterocycles. The Balaban J connectivity index is 2.48. The van der Waals surface area contributed by atoms with Crippen LogP contribution in [0.4, 0.5) is 5.69 Å². The van der Waals surface area contributed by atoms with E-state index in [9.17, 15) is 38.9 Å². The molecule has 3 N–H and O–H groups in total. The van der Waals surface area contributed by atoms with Crippen molar-refractivity contribution in [3.8, 4) is 0 Å². The van der Waals surface area contributed by atoms with Gasteiger partial charge >= 0.3 is 0 Å². The Morgan fingerprint density at radius 2 is 1.26 bits per heavy atom. The summed E-state index contributed by atoms with van der Waals surface area (Å²) in [5.74, 6) is 0. The molecule has 0 aliphatic carbocycles. The second-order valence-electron chi connectivity index (χ2n) is 6.08. The van der Waals surface area contributed by atoms with Crippen LogP contribution in [-0.4, -0.2) is 52.0 Å². The highest BCUT2D eigenvalue weighted by Crippen LogP contribution is 2.36. The molecule has 1 aliphatic rings. The molecule has 0 spiro atoms. The molecule has 10 nitrogen and oxygen atoms in total. The van der Waals surface area contributed by atoms with Crippen molar-refractivity contribution in [1.29, 1.82) is 0 Å². The number of fused-ring (bicyclic) bond motifs is 1. The average Bonchev–Trinajstić information content (AvgIpc) is 3.04. The monoisotopic (exact) mass is 437 g/mol. The third kappa shape index (κ3) is 3.93. The molecule has 2 aromatic carbocycles. The quantitative estimate of drug-likeness (QED) is 0.591. The Labute approximate surface area is 155 Å². The summed E-state index contributed by atoms with van der Waals surface area (Å²) in [6.45, 7) is 0.941. The van der Waals surface area contributed by atoms with Crippen LogP contribution in [0.1, 0.15) is 12.8 Å². The van der Waals surface area contributed by atoms with Crippen molar-refractivity contribution in [2.45, 2.75) is 27.5 Å². The number of hydrogen-bond acceptors (Lipinski definition) is 7. The molecule has 0 atom stereocenters. The fraction of sp³-hybridized carbons (Fsp3) is 0.286. The smallest absolute Gasteiger partial charge is 0.296 e. The summed E-state index contributed by atoms with van der Waals surface area (Å²) in [5.41, 5.74) is 0.0343. The predicted octanol–water partition coefficient (Wildman–Crippen LogP) is 1.18. The van der Waals surface area contributed by atoms with Gasteiger partial charge in [0.1, 0.15) is 9.79 Å². The first-order valence-corrected chi connectivity index (χ1v) is 11.9. The summed E-state index contributed by atoms with van der Waals surface area (Å²) in [5, 5.41) is -0.368. The standard InChI is InChI=1S/C14H15NO9S3/c16-25(17,18)10-5-9-6-14(27(22,23)24)12(15-3-1-2-4-15)8-11(9)13(7-10)26(19,20)21/h5-8H,1-4H2,(H,16,17,18)(H,19,20,21)(H,22,23,24). The van der Waals surface area contributed by atoms with Gasteiger partial charge in [0.25, 0.3) is 30.4 Å². The molecule has 1 fully saturated rings. The maximum atomic E-state index is 11.8. The molecule has 1 heterocycles. The fourth-order valence-electron chi connectivity index (χ4n) is 3.09. The van der Waals surface area contributed by atoms with Gasteiger partial charge in [0.2, 0.25) is 0 Å². The van der Waals surface area contributed by atoms with E-state index < -0.39 is 45.0 Å². The molecular formula is C14H15NO9S3. The third-order valence-corrected chi connectivity index (χ3v) is 6.88. The van der Waals surface area contributed by atoms with Crippen molar-refractivity contribution in [3.63, 3.8) is 0 Å². The van der Waals surface area contributed by atoms with Crippen LogP contribution in [0.25, 0.3) is 10.8 Å². The summed E-state index contributed by atoms with van der Waals surface area (Å²) in [6.07, 6.45) is 1.52. The van der Waals surface area contributed by atoms with Crippen LogP contribution in [0, 0.1) is 0 Å². The van der Waals surface area contributed by atoms with E-state index in [0.717, 1.165) is 31.0 Å². The molecule has 0 amide bonds. The van der Waals surface area contributed by atoms with Crippen molar-refractivity contribution in [1.82, 2.24) is 0 Å². The lowest BCUT2D eigenvalue weighted by Gasteiger charge is -2.21. The molecule has 0 aromatic heterocycles. The normalized spacial score (nSPS) is 16.2. The van der Waals surface area contributed by atoms with E-state index in [1.54, 1.807) is 4.90 Å². The summed E-state index contributed by atoms with van der Waals surface area (Å²) in [4.78, 5) is -0.564. The minimum Gasteiger partial charge on any atom is -0.370 e. The minimum absolute atomic E-state index is 0.0343. The fourth-order valence-corrected chi connectivity index (χ4v) is 5.17. The van der Waals surface area contributed by atoms with Gasteiger partial charge in [-0.3, -0.25) is 13.7 Å². The minimum atomic E-state index is -4.91. The highest BCUT2D eigenvalue weighted by Gasteiger charge is 2.27. The van der Waals surface area contributed by atoms with Crippen LogP contribution in [0.15, 0.2) is 39.0 Å². The van der Waals surface area contributed by atoms with Crippen LogP contribution in [0.5, 0.6) is 0 Å². The number of anilines is 1. The van der Waals surface area contributed by atoms with Crippen molar-refractivity contribution in [2.75, 3.05) is 18.0 Å². The number of rotatable bonds is 4. The second-order valence-corrected chi connectivity index (χ2v) is 10.3. The van der Waals surface area contributed by atoms with E-state index in [1.165, 1.54) is 0 Å². The van der Waals surface area contributed by atoms with Crippen LogP contribution in [0.2, 0.25) is 0 Å². The second kappa shape index (κ2) is 6.39. The van der Waals surface area contributed by atoms with Gasteiger partial charge in [-0.25, -0.2) is 0 Å². The van der Waals surface area contributed by atoms with Gasteiger partial charge in [0.15, 0.2) is 0 Å². The lowest BCUT2D eigenvalue weighted by molar-refractivity contribution is 0.480. The summed E-state index contributed by atoms with van der Waals surface area (Å²) in [7, 11) is -14.5. The molecule has 0 unspecified atom stereocenters. The lowest BCUT2D eigenvalue weighted by atomic mass is 10.1. The molecule has 0 bridgehead atoms. The number of nitrogens with zero attached hydrogens (tertiary/aromatic N) is 1. The molecule has 2 aromatic rings. The highest BCUT2D eigenvalue weighted by molar-refractivity contribution is 7.87. The Morgan fingerprint density at radius 3 is 1.74 bits per heavy atom. The van der Waals surface area contributed by atoms with Gasteiger partial charge in [-0.2, -0.15) is 25.3 Å². The first kappa shape index (κ1) is 20.0.